The van der Waals surface area contributed by atoms with E-state index in [4.69, 9.17) is 4.18 Å². The zero-order chi connectivity index (χ0) is 26.6. The highest BCUT2D eigenvalue weighted by atomic mass is 32.2. The number of carbonyl (C=O) groups excluding carboxylic acids is 1. The molecule has 190 valence electrons. The van der Waals surface area contributed by atoms with Crippen LogP contribution in [-0.4, -0.2) is 28.9 Å². The summed E-state index contributed by atoms with van der Waals surface area (Å²) in [6.45, 7) is 9.42. The number of hydrogen-bond acceptors (Lipinski definition) is 7. The van der Waals surface area contributed by atoms with Crippen molar-refractivity contribution in [3.8, 4) is 5.88 Å². The van der Waals surface area contributed by atoms with Crippen LogP contribution in [0, 0.1) is 17.0 Å². The molecule has 0 aliphatic carbocycles. The summed E-state index contributed by atoms with van der Waals surface area (Å²) in [7, 11) is -4.24. The molecule has 0 radical (unpaired) electrons. The molecule has 0 unspecified atom stereocenters. The van der Waals surface area contributed by atoms with E-state index >= 15 is 0 Å². The second-order valence-electron chi connectivity index (χ2n) is 8.63. The van der Waals surface area contributed by atoms with Crippen molar-refractivity contribution < 1.29 is 22.3 Å². The average molecular weight is 512 g/mol. The van der Waals surface area contributed by atoms with Crippen LogP contribution in [0.5, 0.6) is 5.88 Å². The number of unbranched alkanes of at least 4 members (excludes halogenated alkanes) is 1. The maximum absolute atomic E-state index is 13.7. The summed E-state index contributed by atoms with van der Waals surface area (Å²) in [5, 5.41) is 15.9. The van der Waals surface area contributed by atoms with Gasteiger partial charge >= 0.3 is 10.1 Å². The summed E-state index contributed by atoms with van der Waals surface area (Å²) >= 11 is 0. The van der Waals surface area contributed by atoms with Gasteiger partial charge in [0.2, 0.25) is 5.88 Å². The molecule has 0 N–H and O–H groups in total. The van der Waals surface area contributed by atoms with Crippen molar-refractivity contribution in [2.24, 2.45) is 0 Å². The molecule has 36 heavy (non-hydrogen) atoms. The van der Waals surface area contributed by atoms with E-state index in [2.05, 4.69) is 5.10 Å². The van der Waals surface area contributed by atoms with Crippen LogP contribution in [-0.2, 0) is 16.7 Å². The highest BCUT2D eigenvalue weighted by molar-refractivity contribution is 7.87. The van der Waals surface area contributed by atoms with Crippen molar-refractivity contribution in [1.82, 2.24) is 9.78 Å². The highest BCUT2D eigenvalue weighted by Gasteiger charge is 2.29. The molecule has 10 heteroatoms. The molecule has 0 amide bonds. The molecular formula is C26H29N3O6S. The number of nitrogens with zero attached hydrogens (tertiary/aromatic N) is 3. The van der Waals surface area contributed by atoms with E-state index in [1.165, 1.54) is 35.1 Å². The molecule has 3 aromatic rings. The lowest BCUT2D eigenvalue weighted by atomic mass is 9.90. The highest BCUT2D eigenvalue weighted by Crippen LogP contribution is 2.35. The largest absolute Gasteiger partial charge is 0.358 e. The van der Waals surface area contributed by atoms with Crippen LogP contribution >= 0.6 is 0 Å². The fraction of sp³-hybridized carbons (Fsp3) is 0.308. The van der Waals surface area contributed by atoms with E-state index in [0.717, 1.165) is 12.0 Å². The van der Waals surface area contributed by atoms with Gasteiger partial charge in [-0.05, 0) is 63.5 Å². The second kappa shape index (κ2) is 10.9. The Kier molecular flexibility index (Phi) is 8.09. The maximum atomic E-state index is 13.7. The standard InChI is InChI=1S/C26H29N3O6S/c1-6-7-15-28-26(35-36(33,34)20-11-9-8-10-12-20)22(16-27-28)25(30)21-13-14-23(29(31)32)24(19(21)5)18(4)17(2)3/h8-14,16H,6-7,15H2,1-5H3. The Labute approximate surface area is 210 Å². The van der Waals surface area contributed by atoms with Crippen molar-refractivity contribution in [2.45, 2.75) is 58.9 Å². The van der Waals surface area contributed by atoms with Gasteiger partial charge in [0.05, 0.1) is 16.7 Å². The van der Waals surface area contributed by atoms with Gasteiger partial charge in [-0.1, -0.05) is 37.1 Å². The SMILES string of the molecule is CCCCn1ncc(C(=O)c2ccc([N+](=O)[O-])c(C(C)=C(C)C)c2C)c1OS(=O)(=O)c1ccccc1. The third kappa shape index (κ3) is 5.38. The molecule has 0 aliphatic rings. The van der Waals surface area contributed by atoms with Crippen molar-refractivity contribution in [1.29, 1.82) is 0 Å². The molecule has 3 rings (SSSR count). The number of carbonyl (C=O) groups is 1. The van der Waals surface area contributed by atoms with E-state index in [-0.39, 0.29) is 27.6 Å². The van der Waals surface area contributed by atoms with Gasteiger partial charge in [-0.2, -0.15) is 13.5 Å². The number of aromatic nitrogens is 2. The van der Waals surface area contributed by atoms with Crippen LogP contribution in [0.3, 0.4) is 0 Å². The maximum Gasteiger partial charge on any atom is 0.340 e. The lowest BCUT2D eigenvalue weighted by Gasteiger charge is -2.14. The summed E-state index contributed by atoms with van der Waals surface area (Å²) in [5.41, 5.74) is 2.41. The molecule has 2 aromatic carbocycles. The second-order valence-corrected chi connectivity index (χ2v) is 10.2. The number of benzene rings is 2. The molecule has 0 spiro atoms. The molecule has 0 saturated heterocycles. The van der Waals surface area contributed by atoms with Crippen LogP contribution in [0.15, 0.2) is 59.1 Å². The predicted molar refractivity (Wildman–Crippen MR) is 137 cm³/mol. The smallest absolute Gasteiger partial charge is 0.340 e. The zero-order valence-electron chi connectivity index (χ0n) is 20.9. The third-order valence-corrected chi connectivity index (χ3v) is 7.22. The third-order valence-electron chi connectivity index (χ3n) is 5.99. The molecule has 0 fully saturated rings. The number of ketones is 1. The van der Waals surface area contributed by atoms with Gasteiger partial charge in [0.15, 0.2) is 5.78 Å². The Hall–Kier alpha value is -3.79. The summed E-state index contributed by atoms with van der Waals surface area (Å²) in [5.74, 6) is -0.721. The first-order chi connectivity index (χ1) is 17.0. The van der Waals surface area contributed by atoms with E-state index in [0.29, 0.717) is 29.7 Å². The summed E-state index contributed by atoms with van der Waals surface area (Å²) in [6.07, 6.45) is 2.79. The molecular weight excluding hydrogens is 482 g/mol. The normalized spacial score (nSPS) is 11.2. The Morgan fingerprint density at radius 3 is 2.33 bits per heavy atom. The number of allylic oxidation sites excluding steroid dienone is 2. The molecule has 1 aromatic heterocycles. The Morgan fingerprint density at radius 1 is 1.08 bits per heavy atom. The predicted octanol–water partition coefficient (Wildman–Crippen LogP) is 5.71. The van der Waals surface area contributed by atoms with E-state index in [1.807, 2.05) is 20.8 Å². The lowest BCUT2D eigenvalue weighted by molar-refractivity contribution is -0.385. The van der Waals surface area contributed by atoms with Crippen LogP contribution in [0.4, 0.5) is 5.69 Å². The van der Waals surface area contributed by atoms with Gasteiger partial charge < -0.3 is 4.18 Å². The number of nitro groups is 1. The molecule has 0 atom stereocenters. The number of hydrogen-bond donors (Lipinski definition) is 0. The minimum absolute atomic E-state index is 0.0386. The summed E-state index contributed by atoms with van der Waals surface area (Å²) < 4.78 is 32.8. The lowest BCUT2D eigenvalue weighted by Crippen LogP contribution is -2.16. The van der Waals surface area contributed by atoms with E-state index in [1.54, 1.807) is 32.0 Å². The van der Waals surface area contributed by atoms with Crippen LogP contribution < -0.4 is 4.18 Å². The zero-order valence-corrected chi connectivity index (χ0v) is 21.8. The number of rotatable bonds is 10. The molecule has 0 saturated carbocycles. The fourth-order valence-corrected chi connectivity index (χ4v) is 4.76. The van der Waals surface area contributed by atoms with Gasteiger partial charge in [0, 0.05) is 18.2 Å². The number of nitro benzene ring substituents is 1. The summed E-state index contributed by atoms with van der Waals surface area (Å²) in [6, 6.07) is 10.3. The Balaban J connectivity index is 2.17. The topological polar surface area (TPSA) is 121 Å². The van der Waals surface area contributed by atoms with Crippen molar-refractivity contribution in [3.63, 3.8) is 0 Å². The Bertz CT molecular complexity index is 1440. The first-order valence-electron chi connectivity index (χ1n) is 11.5. The van der Waals surface area contributed by atoms with Crippen LogP contribution in [0.25, 0.3) is 5.57 Å². The van der Waals surface area contributed by atoms with Gasteiger partial charge in [-0.15, -0.1) is 0 Å². The molecule has 0 bridgehead atoms. The van der Waals surface area contributed by atoms with Crippen molar-refractivity contribution in [2.75, 3.05) is 0 Å². The van der Waals surface area contributed by atoms with E-state index in [9.17, 15) is 23.3 Å². The van der Waals surface area contributed by atoms with Gasteiger partial charge in [0.25, 0.3) is 5.69 Å². The molecule has 0 aliphatic heterocycles. The van der Waals surface area contributed by atoms with Gasteiger partial charge in [-0.25, -0.2) is 4.68 Å². The minimum Gasteiger partial charge on any atom is -0.358 e. The first-order valence-corrected chi connectivity index (χ1v) is 12.9. The Morgan fingerprint density at radius 2 is 1.75 bits per heavy atom. The molecule has 1 heterocycles. The minimum atomic E-state index is -4.24. The van der Waals surface area contributed by atoms with E-state index < -0.39 is 20.8 Å². The number of aryl methyl sites for hydroxylation is 1. The first kappa shape index (κ1) is 26.8. The van der Waals surface area contributed by atoms with Crippen molar-refractivity contribution in [3.05, 3.63) is 86.6 Å². The monoisotopic (exact) mass is 511 g/mol. The summed E-state index contributed by atoms with van der Waals surface area (Å²) in [4.78, 5) is 24.9. The average Bonchev–Trinajstić information content (AvgIpc) is 3.23. The van der Waals surface area contributed by atoms with Crippen molar-refractivity contribution >= 4 is 27.2 Å². The fourth-order valence-electron chi connectivity index (χ4n) is 3.79. The molecule has 9 nitrogen and oxygen atoms in total. The quantitative estimate of drug-likeness (QED) is 0.148. The van der Waals surface area contributed by atoms with Crippen LogP contribution in [0.2, 0.25) is 0 Å². The van der Waals surface area contributed by atoms with Crippen LogP contribution in [0.1, 0.15) is 67.6 Å². The van der Waals surface area contributed by atoms with Gasteiger partial charge in [0.1, 0.15) is 10.5 Å². The van der Waals surface area contributed by atoms with Gasteiger partial charge in [-0.3, -0.25) is 14.9 Å².